The molecule has 0 spiro atoms. The van der Waals surface area contributed by atoms with Gasteiger partial charge in [0.15, 0.2) is 10.8 Å². The van der Waals surface area contributed by atoms with Crippen LogP contribution in [0.15, 0.2) is 36.7 Å². The summed E-state index contributed by atoms with van der Waals surface area (Å²) >= 11 is 6.59. The number of aromatic nitrogens is 3. The zero-order valence-electron chi connectivity index (χ0n) is 23.9. The summed E-state index contributed by atoms with van der Waals surface area (Å²) in [7, 11) is 0. The van der Waals surface area contributed by atoms with E-state index in [2.05, 4.69) is 62.7 Å². The minimum atomic E-state index is -2.87. The van der Waals surface area contributed by atoms with Crippen molar-refractivity contribution in [1.29, 1.82) is 0 Å². The van der Waals surface area contributed by atoms with Crippen LogP contribution in [-0.4, -0.2) is 76.1 Å². The average Bonchev–Trinajstić information content (AvgIpc) is 2.96. The lowest BCUT2D eigenvalue weighted by Crippen LogP contribution is -2.49. The van der Waals surface area contributed by atoms with Crippen molar-refractivity contribution >= 4 is 34.1 Å². The second-order valence-corrected chi connectivity index (χ2v) is 11.9. The number of anilines is 2. The van der Waals surface area contributed by atoms with E-state index in [1.807, 2.05) is 12.1 Å². The molecule has 2 aliphatic heterocycles. The third kappa shape index (κ3) is 6.16. The molecule has 1 aromatic carbocycles. The van der Waals surface area contributed by atoms with Gasteiger partial charge in [-0.3, -0.25) is 4.90 Å². The Balaban J connectivity index is 1.31. The number of piperazine rings is 1. The van der Waals surface area contributed by atoms with Crippen molar-refractivity contribution in [2.45, 2.75) is 65.1 Å². The van der Waals surface area contributed by atoms with Crippen molar-refractivity contribution in [2.24, 2.45) is 5.92 Å². The minimum Gasteiger partial charge on any atom is -0.366 e. The molecule has 216 valence electrons. The lowest BCUT2D eigenvalue weighted by Gasteiger charge is -2.38. The Bertz CT molecular complexity index is 1300. The highest BCUT2D eigenvalue weighted by molar-refractivity contribution is 6.32. The first kappa shape index (κ1) is 28.9. The van der Waals surface area contributed by atoms with Crippen LogP contribution in [0.5, 0.6) is 0 Å². The summed E-state index contributed by atoms with van der Waals surface area (Å²) in [5.74, 6) is -2.90. The van der Waals surface area contributed by atoms with Crippen LogP contribution in [0, 0.1) is 5.92 Å². The van der Waals surface area contributed by atoms with Gasteiger partial charge in [0.25, 0.3) is 5.92 Å². The zero-order valence-corrected chi connectivity index (χ0v) is 24.6. The molecular formula is C30H40ClF2N7. The van der Waals surface area contributed by atoms with E-state index >= 15 is 8.78 Å². The van der Waals surface area contributed by atoms with Gasteiger partial charge in [0.1, 0.15) is 12.1 Å². The van der Waals surface area contributed by atoms with Crippen LogP contribution in [0.4, 0.5) is 20.3 Å². The van der Waals surface area contributed by atoms with E-state index in [0.29, 0.717) is 61.2 Å². The molecule has 4 heterocycles. The number of benzene rings is 1. The Kier molecular flexibility index (Phi) is 8.73. The van der Waals surface area contributed by atoms with E-state index in [-0.39, 0.29) is 5.56 Å². The molecule has 2 saturated heterocycles. The van der Waals surface area contributed by atoms with Gasteiger partial charge in [-0.25, -0.2) is 23.7 Å². The lowest BCUT2D eigenvalue weighted by atomic mass is 9.85. The maximum absolute atomic E-state index is 15.6. The fourth-order valence-corrected chi connectivity index (χ4v) is 6.14. The van der Waals surface area contributed by atoms with Gasteiger partial charge in [-0.2, -0.15) is 0 Å². The van der Waals surface area contributed by atoms with Crippen LogP contribution in [-0.2, 0) is 12.5 Å². The van der Waals surface area contributed by atoms with E-state index in [9.17, 15) is 0 Å². The number of piperidine rings is 1. The van der Waals surface area contributed by atoms with Gasteiger partial charge in [-0.1, -0.05) is 29.8 Å². The number of nitrogens with zero attached hydrogens (tertiary/aromatic N) is 6. The van der Waals surface area contributed by atoms with E-state index in [1.165, 1.54) is 6.33 Å². The Morgan fingerprint density at radius 2 is 1.62 bits per heavy atom. The summed E-state index contributed by atoms with van der Waals surface area (Å²) in [6, 6.07) is 9.65. The first-order valence-electron chi connectivity index (χ1n) is 14.4. The molecule has 0 aliphatic carbocycles. The highest BCUT2D eigenvalue weighted by Crippen LogP contribution is 2.42. The number of hydrogen-bond donors (Lipinski definition) is 1. The molecule has 2 aliphatic rings. The maximum Gasteiger partial charge on any atom is 0.276 e. The highest BCUT2D eigenvalue weighted by atomic mass is 35.5. The van der Waals surface area contributed by atoms with Gasteiger partial charge < -0.3 is 15.1 Å². The SMILES string of the molecule is CC(C)N1CCC(C(F)(F)c2cccc(CNc3ncnc4nc(Cl)c(N5CCN(C(C)C)CC5)cc34)c2)CC1. The molecule has 0 radical (unpaired) electrons. The van der Waals surface area contributed by atoms with Crippen molar-refractivity contribution < 1.29 is 8.78 Å². The van der Waals surface area contributed by atoms with E-state index in [4.69, 9.17) is 11.6 Å². The molecule has 0 amide bonds. The average molecular weight is 572 g/mol. The summed E-state index contributed by atoms with van der Waals surface area (Å²) in [5, 5.41) is 4.52. The molecule has 7 nitrogen and oxygen atoms in total. The smallest absolute Gasteiger partial charge is 0.276 e. The Morgan fingerprint density at radius 3 is 2.30 bits per heavy atom. The molecule has 0 atom stereocenters. The van der Waals surface area contributed by atoms with Crippen LogP contribution in [0.2, 0.25) is 5.15 Å². The third-order valence-corrected chi connectivity index (χ3v) is 8.77. The number of halogens is 3. The second kappa shape index (κ2) is 12.1. The number of nitrogens with one attached hydrogen (secondary N) is 1. The minimum absolute atomic E-state index is 0.0821. The van der Waals surface area contributed by atoms with Crippen molar-refractivity contribution in [1.82, 2.24) is 24.8 Å². The topological polar surface area (TPSA) is 60.4 Å². The standard InChI is InChI=1S/C30H40ClF2N7/c1-20(2)38-10-8-23(9-11-38)30(32,33)24-7-5-6-22(16-24)18-34-28-25-17-26(27(31)37-29(25)36-19-35-28)40-14-12-39(13-15-40)21(3)4/h5-7,16-17,19-21,23H,8-15,18H2,1-4H3,(H,34,35,36,37). The molecule has 0 bridgehead atoms. The Hall–Kier alpha value is -2.62. The summed E-state index contributed by atoms with van der Waals surface area (Å²) < 4.78 is 31.1. The van der Waals surface area contributed by atoms with Crippen molar-refractivity contribution in [3.8, 4) is 0 Å². The van der Waals surface area contributed by atoms with Gasteiger partial charge in [0.2, 0.25) is 0 Å². The Labute approximate surface area is 240 Å². The monoisotopic (exact) mass is 571 g/mol. The van der Waals surface area contributed by atoms with Crippen LogP contribution in [0.25, 0.3) is 11.0 Å². The number of rotatable bonds is 8. The third-order valence-electron chi connectivity index (χ3n) is 8.49. The van der Waals surface area contributed by atoms with Crippen LogP contribution >= 0.6 is 11.6 Å². The molecule has 3 aromatic rings. The van der Waals surface area contributed by atoms with Gasteiger partial charge >= 0.3 is 0 Å². The molecular weight excluding hydrogens is 532 g/mol. The van der Waals surface area contributed by atoms with Crippen LogP contribution < -0.4 is 10.2 Å². The maximum atomic E-state index is 15.6. The summed E-state index contributed by atoms with van der Waals surface area (Å²) in [4.78, 5) is 20.3. The first-order chi connectivity index (χ1) is 19.1. The normalized spacial score (nSPS) is 18.3. The quantitative estimate of drug-likeness (QED) is 0.331. The van der Waals surface area contributed by atoms with Gasteiger partial charge in [-0.05, 0) is 71.3 Å². The molecule has 10 heteroatoms. The van der Waals surface area contributed by atoms with E-state index in [0.717, 1.165) is 42.8 Å². The van der Waals surface area contributed by atoms with Gasteiger partial charge in [0, 0.05) is 56.3 Å². The highest BCUT2D eigenvalue weighted by Gasteiger charge is 2.42. The van der Waals surface area contributed by atoms with E-state index < -0.39 is 11.8 Å². The fourth-order valence-electron chi connectivity index (χ4n) is 5.89. The number of fused-ring (bicyclic) bond motifs is 1. The molecule has 0 saturated carbocycles. The first-order valence-corrected chi connectivity index (χ1v) is 14.8. The Morgan fingerprint density at radius 1 is 0.950 bits per heavy atom. The number of likely N-dealkylation sites (tertiary alicyclic amines) is 1. The van der Waals surface area contributed by atoms with Crippen LogP contribution in [0.1, 0.15) is 51.7 Å². The van der Waals surface area contributed by atoms with Crippen molar-refractivity contribution in [3.05, 3.63) is 52.9 Å². The molecule has 2 fully saturated rings. The fraction of sp³-hybridized carbons (Fsp3) is 0.567. The van der Waals surface area contributed by atoms with Gasteiger partial charge in [0.05, 0.1) is 11.1 Å². The predicted molar refractivity (Wildman–Crippen MR) is 158 cm³/mol. The number of hydrogen-bond acceptors (Lipinski definition) is 7. The van der Waals surface area contributed by atoms with Crippen molar-refractivity contribution in [2.75, 3.05) is 49.5 Å². The second-order valence-electron chi connectivity index (χ2n) is 11.6. The van der Waals surface area contributed by atoms with Crippen LogP contribution in [0.3, 0.4) is 0 Å². The largest absolute Gasteiger partial charge is 0.366 e. The lowest BCUT2D eigenvalue weighted by molar-refractivity contribution is -0.0875. The number of alkyl halides is 2. The summed E-state index contributed by atoms with van der Waals surface area (Å²) in [6.45, 7) is 14.1. The predicted octanol–water partition coefficient (Wildman–Crippen LogP) is 6.03. The van der Waals surface area contributed by atoms with Crippen molar-refractivity contribution in [3.63, 3.8) is 0 Å². The molecule has 2 aromatic heterocycles. The van der Waals surface area contributed by atoms with E-state index in [1.54, 1.807) is 18.2 Å². The zero-order chi connectivity index (χ0) is 28.4. The van der Waals surface area contributed by atoms with Gasteiger partial charge in [-0.15, -0.1) is 0 Å². The molecule has 1 N–H and O–H groups in total. The molecule has 40 heavy (non-hydrogen) atoms. The molecule has 5 rings (SSSR count). The number of pyridine rings is 1. The summed E-state index contributed by atoms with van der Waals surface area (Å²) in [5.41, 5.74) is 2.22. The molecule has 0 unspecified atom stereocenters. The summed E-state index contributed by atoms with van der Waals surface area (Å²) in [6.07, 6.45) is 2.46.